The number of hydrogen-bond acceptors (Lipinski definition) is 2. The summed E-state index contributed by atoms with van der Waals surface area (Å²) in [5.74, 6) is 5.08. The van der Waals surface area contributed by atoms with Crippen LogP contribution in [-0.4, -0.2) is 7.85 Å². The zero-order valence-corrected chi connectivity index (χ0v) is 7.37. The Kier molecular flexibility index (Phi) is 2.55. The minimum Gasteiger partial charge on any atom is -0.304 e. The Bertz CT molecular complexity index is 273. The molecule has 12 heavy (non-hydrogen) atoms. The summed E-state index contributed by atoms with van der Waals surface area (Å²) in [6, 6.07) is 7.74. The van der Waals surface area contributed by atoms with Gasteiger partial charge in [-0.3, -0.25) is 0 Å². The van der Waals surface area contributed by atoms with E-state index in [1.807, 2.05) is 31.2 Å². The molecule has 1 aromatic rings. The number of hydrogen-bond donors (Lipinski definition) is 1. The SMILES string of the molecule is [B]C(C)(ON)c1ccccc1C. The minimum absolute atomic E-state index is 0.897. The Balaban J connectivity index is 3.10. The summed E-state index contributed by atoms with van der Waals surface area (Å²) >= 11 is 0. The van der Waals surface area contributed by atoms with Crippen molar-refractivity contribution in [2.75, 3.05) is 0 Å². The zero-order valence-electron chi connectivity index (χ0n) is 7.37. The third-order valence-electron chi connectivity index (χ3n) is 1.92. The zero-order chi connectivity index (χ0) is 9.19. The van der Waals surface area contributed by atoms with Crippen LogP contribution >= 0.6 is 0 Å². The number of aryl methyl sites for hydroxylation is 1. The fourth-order valence-corrected chi connectivity index (χ4v) is 1.19. The average Bonchev–Trinajstić information content (AvgIpc) is 2.05. The Morgan fingerprint density at radius 1 is 1.42 bits per heavy atom. The summed E-state index contributed by atoms with van der Waals surface area (Å²) in [7, 11) is 5.79. The van der Waals surface area contributed by atoms with E-state index >= 15 is 0 Å². The van der Waals surface area contributed by atoms with Crippen LogP contribution in [0.5, 0.6) is 0 Å². The lowest BCUT2D eigenvalue weighted by Crippen LogP contribution is -2.30. The van der Waals surface area contributed by atoms with Crippen molar-refractivity contribution < 1.29 is 4.84 Å². The van der Waals surface area contributed by atoms with Crippen LogP contribution in [-0.2, 0) is 10.3 Å². The van der Waals surface area contributed by atoms with Gasteiger partial charge < -0.3 is 4.84 Å². The Labute approximate surface area is 74.1 Å². The average molecular weight is 161 g/mol. The maximum atomic E-state index is 5.79. The summed E-state index contributed by atoms with van der Waals surface area (Å²) < 4.78 is 0. The van der Waals surface area contributed by atoms with E-state index in [0.717, 1.165) is 11.1 Å². The van der Waals surface area contributed by atoms with Crippen LogP contribution in [0.4, 0.5) is 0 Å². The lowest BCUT2D eigenvalue weighted by molar-refractivity contribution is 0.0284. The van der Waals surface area contributed by atoms with E-state index in [9.17, 15) is 0 Å². The largest absolute Gasteiger partial charge is 0.304 e. The molecule has 3 heteroatoms. The molecule has 0 fully saturated rings. The second-order valence-electron chi connectivity index (χ2n) is 3.04. The molecule has 0 saturated heterocycles. The highest BCUT2D eigenvalue weighted by molar-refractivity contribution is 6.14. The molecule has 2 N–H and O–H groups in total. The van der Waals surface area contributed by atoms with Gasteiger partial charge in [-0.25, -0.2) is 5.90 Å². The lowest BCUT2D eigenvalue weighted by atomic mass is 9.76. The molecule has 2 nitrogen and oxygen atoms in total. The van der Waals surface area contributed by atoms with Gasteiger partial charge in [0.25, 0.3) is 0 Å². The van der Waals surface area contributed by atoms with Gasteiger partial charge in [-0.2, -0.15) is 0 Å². The van der Waals surface area contributed by atoms with Crippen molar-refractivity contribution in [3.63, 3.8) is 0 Å². The Hall–Kier alpha value is -0.795. The van der Waals surface area contributed by atoms with Gasteiger partial charge >= 0.3 is 0 Å². The molecule has 0 saturated carbocycles. The molecular weight excluding hydrogens is 149 g/mol. The summed E-state index contributed by atoms with van der Waals surface area (Å²) in [6.45, 7) is 3.70. The van der Waals surface area contributed by atoms with Gasteiger partial charge in [-0.15, -0.1) is 0 Å². The van der Waals surface area contributed by atoms with E-state index in [1.54, 1.807) is 6.92 Å². The van der Waals surface area contributed by atoms with Gasteiger partial charge in [0.05, 0.1) is 5.50 Å². The van der Waals surface area contributed by atoms with Gasteiger partial charge in [0.15, 0.2) is 0 Å². The monoisotopic (exact) mass is 161 g/mol. The van der Waals surface area contributed by atoms with E-state index in [4.69, 9.17) is 13.7 Å². The molecule has 0 aliphatic carbocycles. The summed E-state index contributed by atoms with van der Waals surface area (Å²) in [5.41, 5.74) is 1.09. The highest BCUT2D eigenvalue weighted by Gasteiger charge is 2.20. The predicted octanol–water partition coefficient (Wildman–Crippen LogP) is 1.23. The van der Waals surface area contributed by atoms with Crippen molar-refractivity contribution in [3.05, 3.63) is 35.4 Å². The van der Waals surface area contributed by atoms with E-state index in [0.29, 0.717) is 0 Å². The summed E-state index contributed by atoms with van der Waals surface area (Å²) in [5, 5.41) is 0. The van der Waals surface area contributed by atoms with Crippen LogP contribution in [0.15, 0.2) is 24.3 Å². The van der Waals surface area contributed by atoms with Crippen molar-refractivity contribution in [3.8, 4) is 0 Å². The second-order valence-corrected chi connectivity index (χ2v) is 3.04. The van der Waals surface area contributed by atoms with Gasteiger partial charge in [-0.1, -0.05) is 24.3 Å². The molecular formula is C9H12BNO. The molecule has 62 valence electrons. The van der Waals surface area contributed by atoms with Crippen molar-refractivity contribution in [1.82, 2.24) is 0 Å². The van der Waals surface area contributed by atoms with Crippen LogP contribution in [0.3, 0.4) is 0 Å². The topological polar surface area (TPSA) is 35.2 Å². The standard InChI is InChI=1S/C9H12BNO/c1-7-5-3-4-6-8(7)9(2,10)12-11/h3-6H,11H2,1-2H3. The molecule has 0 aliphatic rings. The first-order valence-electron chi connectivity index (χ1n) is 3.81. The molecule has 0 spiro atoms. The molecule has 0 amide bonds. The molecule has 1 atom stereocenters. The minimum atomic E-state index is -0.897. The van der Waals surface area contributed by atoms with E-state index in [-0.39, 0.29) is 0 Å². The molecule has 0 bridgehead atoms. The molecule has 2 radical (unpaired) electrons. The van der Waals surface area contributed by atoms with Crippen LogP contribution < -0.4 is 5.90 Å². The fraction of sp³-hybridized carbons (Fsp3) is 0.333. The number of nitrogens with two attached hydrogens (primary N) is 1. The normalized spacial score (nSPS) is 15.6. The number of benzene rings is 1. The van der Waals surface area contributed by atoms with Crippen LogP contribution in [0.2, 0.25) is 0 Å². The quantitative estimate of drug-likeness (QED) is 0.522. The third-order valence-corrected chi connectivity index (χ3v) is 1.92. The predicted molar refractivity (Wildman–Crippen MR) is 49.6 cm³/mol. The molecule has 1 aromatic carbocycles. The molecule has 0 aromatic heterocycles. The van der Waals surface area contributed by atoms with Gasteiger partial charge in [0, 0.05) is 0 Å². The molecule has 1 unspecified atom stereocenters. The van der Waals surface area contributed by atoms with Crippen molar-refractivity contribution in [1.29, 1.82) is 0 Å². The smallest absolute Gasteiger partial charge is 0.122 e. The highest BCUT2D eigenvalue weighted by atomic mass is 16.6. The first-order chi connectivity index (χ1) is 5.58. The Morgan fingerprint density at radius 3 is 2.50 bits per heavy atom. The maximum Gasteiger partial charge on any atom is 0.122 e. The summed E-state index contributed by atoms with van der Waals surface area (Å²) in [4.78, 5) is 4.68. The van der Waals surface area contributed by atoms with E-state index < -0.39 is 5.50 Å². The highest BCUT2D eigenvalue weighted by Crippen LogP contribution is 2.22. The molecule has 0 heterocycles. The molecule has 1 rings (SSSR count). The Morgan fingerprint density at radius 2 is 2.00 bits per heavy atom. The third kappa shape index (κ3) is 1.68. The first kappa shape index (κ1) is 9.29. The van der Waals surface area contributed by atoms with Crippen LogP contribution in [0, 0.1) is 6.92 Å². The van der Waals surface area contributed by atoms with Crippen molar-refractivity contribution in [2.24, 2.45) is 5.90 Å². The van der Waals surface area contributed by atoms with Crippen LogP contribution in [0.25, 0.3) is 0 Å². The van der Waals surface area contributed by atoms with E-state index in [1.165, 1.54) is 0 Å². The van der Waals surface area contributed by atoms with Crippen LogP contribution in [0.1, 0.15) is 18.1 Å². The number of rotatable bonds is 2. The van der Waals surface area contributed by atoms with Gasteiger partial charge in [0.1, 0.15) is 7.85 Å². The van der Waals surface area contributed by atoms with E-state index in [2.05, 4.69) is 4.84 Å². The van der Waals surface area contributed by atoms with Gasteiger partial charge in [-0.05, 0) is 25.0 Å². The van der Waals surface area contributed by atoms with Gasteiger partial charge in [0.2, 0.25) is 0 Å². The first-order valence-corrected chi connectivity index (χ1v) is 3.81. The molecule has 0 aliphatic heterocycles. The fourth-order valence-electron chi connectivity index (χ4n) is 1.19. The summed E-state index contributed by atoms with van der Waals surface area (Å²) in [6.07, 6.45) is 0. The second kappa shape index (κ2) is 3.29. The van der Waals surface area contributed by atoms with Crippen molar-refractivity contribution >= 4 is 7.85 Å². The maximum absolute atomic E-state index is 5.79. The van der Waals surface area contributed by atoms with Crippen molar-refractivity contribution in [2.45, 2.75) is 19.3 Å². The lowest BCUT2D eigenvalue weighted by Gasteiger charge is -2.24.